The van der Waals surface area contributed by atoms with Crippen LogP contribution >= 0.6 is 11.8 Å². The largest absolute Gasteiger partial charge is 0.508 e. The molecule has 1 fully saturated rings. The van der Waals surface area contributed by atoms with E-state index in [1.807, 2.05) is 23.9 Å². The minimum atomic E-state index is 0.375. The van der Waals surface area contributed by atoms with E-state index < -0.39 is 0 Å². The van der Waals surface area contributed by atoms with Crippen molar-refractivity contribution < 1.29 is 5.11 Å². The van der Waals surface area contributed by atoms with Crippen molar-refractivity contribution in [2.75, 3.05) is 18.8 Å². The average molecular weight is 223 g/mol. The molecule has 1 saturated heterocycles. The summed E-state index contributed by atoms with van der Waals surface area (Å²) in [6.07, 6.45) is 2.35. The monoisotopic (exact) mass is 223 g/mol. The Bertz CT molecular complexity index is 310. The summed E-state index contributed by atoms with van der Waals surface area (Å²) in [5.41, 5.74) is 1.23. The molecular weight excluding hydrogens is 206 g/mol. The molecule has 0 bridgehead atoms. The third kappa shape index (κ3) is 3.43. The highest BCUT2D eigenvalue weighted by molar-refractivity contribution is 7.99. The van der Waals surface area contributed by atoms with Gasteiger partial charge in [0, 0.05) is 11.8 Å². The second-order valence-electron chi connectivity index (χ2n) is 3.91. The Morgan fingerprint density at radius 1 is 1.47 bits per heavy atom. The molecule has 0 aromatic heterocycles. The van der Waals surface area contributed by atoms with E-state index in [1.54, 1.807) is 6.07 Å². The highest BCUT2D eigenvalue weighted by atomic mass is 32.2. The van der Waals surface area contributed by atoms with Crippen LogP contribution in [0.5, 0.6) is 5.75 Å². The van der Waals surface area contributed by atoms with E-state index in [2.05, 4.69) is 11.4 Å². The Hall–Kier alpha value is -0.670. The van der Waals surface area contributed by atoms with Gasteiger partial charge in [-0.25, -0.2) is 0 Å². The Kier molecular flexibility index (Phi) is 3.92. The maximum Gasteiger partial charge on any atom is 0.115 e. The molecule has 1 unspecified atom stereocenters. The number of hydrogen-bond acceptors (Lipinski definition) is 3. The van der Waals surface area contributed by atoms with Gasteiger partial charge >= 0.3 is 0 Å². The topological polar surface area (TPSA) is 32.3 Å². The van der Waals surface area contributed by atoms with Crippen LogP contribution in [0.25, 0.3) is 0 Å². The smallest absolute Gasteiger partial charge is 0.115 e. The summed E-state index contributed by atoms with van der Waals surface area (Å²) in [4.78, 5) is 0. The highest BCUT2D eigenvalue weighted by Crippen LogP contribution is 2.19. The molecule has 1 aliphatic heterocycles. The van der Waals surface area contributed by atoms with Crippen molar-refractivity contribution >= 4 is 11.8 Å². The van der Waals surface area contributed by atoms with Gasteiger partial charge in [-0.15, -0.1) is 0 Å². The van der Waals surface area contributed by atoms with Gasteiger partial charge in [0.1, 0.15) is 5.75 Å². The molecule has 15 heavy (non-hydrogen) atoms. The van der Waals surface area contributed by atoms with Gasteiger partial charge in [0.15, 0.2) is 0 Å². The summed E-state index contributed by atoms with van der Waals surface area (Å²) in [7, 11) is 0. The van der Waals surface area contributed by atoms with Crippen LogP contribution in [0.15, 0.2) is 24.3 Å². The van der Waals surface area contributed by atoms with Crippen molar-refractivity contribution in [1.29, 1.82) is 0 Å². The summed E-state index contributed by atoms with van der Waals surface area (Å²) in [5, 5.41) is 13.5. The van der Waals surface area contributed by atoms with Crippen molar-refractivity contribution in [3.63, 3.8) is 0 Å². The van der Waals surface area contributed by atoms with Gasteiger partial charge < -0.3 is 10.4 Å². The Balaban J connectivity index is 1.73. The van der Waals surface area contributed by atoms with Crippen molar-refractivity contribution in [3.8, 4) is 5.75 Å². The molecule has 0 spiro atoms. The quantitative estimate of drug-likeness (QED) is 0.819. The van der Waals surface area contributed by atoms with Crippen LogP contribution in [0.1, 0.15) is 12.0 Å². The first-order chi connectivity index (χ1) is 7.34. The van der Waals surface area contributed by atoms with Gasteiger partial charge in [-0.3, -0.25) is 0 Å². The Morgan fingerprint density at radius 2 is 2.40 bits per heavy atom. The third-order valence-corrected chi connectivity index (χ3v) is 3.98. The Morgan fingerprint density at radius 3 is 3.13 bits per heavy atom. The lowest BCUT2D eigenvalue weighted by Gasteiger charge is -2.07. The normalized spacial score (nSPS) is 20.7. The van der Waals surface area contributed by atoms with E-state index >= 15 is 0 Å². The number of nitrogens with one attached hydrogen (secondary N) is 1. The van der Waals surface area contributed by atoms with Crippen molar-refractivity contribution in [2.24, 2.45) is 0 Å². The molecule has 2 nitrogen and oxygen atoms in total. The zero-order chi connectivity index (χ0) is 10.5. The van der Waals surface area contributed by atoms with Crippen LogP contribution in [0.3, 0.4) is 0 Å². The maximum atomic E-state index is 9.31. The first-order valence-electron chi connectivity index (χ1n) is 5.45. The third-order valence-electron chi connectivity index (χ3n) is 2.67. The lowest BCUT2D eigenvalue weighted by molar-refractivity contribution is 0.474. The molecule has 0 saturated carbocycles. The van der Waals surface area contributed by atoms with Gasteiger partial charge in [0.2, 0.25) is 0 Å². The average Bonchev–Trinajstić information content (AvgIpc) is 2.71. The summed E-state index contributed by atoms with van der Waals surface area (Å²) >= 11 is 2.04. The molecule has 1 atom stereocenters. The highest BCUT2D eigenvalue weighted by Gasteiger charge is 2.13. The summed E-state index contributed by atoms with van der Waals surface area (Å²) in [5.74, 6) is 1.52. The zero-order valence-corrected chi connectivity index (χ0v) is 9.59. The lowest BCUT2D eigenvalue weighted by atomic mass is 10.2. The number of phenolic OH excluding ortho intramolecular Hbond substituents is 1. The van der Waals surface area contributed by atoms with Crippen LogP contribution in [-0.4, -0.2) is 29.2 Å². The van der Waals surface area contributed by atoms with Gasteiger partial charge in [0.25, 0.3) is 0 Å². The Labute approximate surface area is 95.1 Å². The van der Waals surface area contributed by atoms with Crippen LogP contribution in [0.4, 0.5) is 0 Å². The number of hydrogen-bond donors (Lipinski definition) is 2. The second-order valence-corrected chi connectivity index (χ2v) is 5.31. The fourth-order valence-corrected chi connectivity index (χ4v) is 3.03. The van der Waals surface area contributed by atoms with Crippen molar-refractivity contribution in [1.82, 2.24) is 5.32 Å². The van der Waals surface area contributed by atoms with E-state index in [-0.39, 0.29) is 0 Å². The summed E-state index contributed by atoms with van der Waals surface area (Å²) in [6.45, 7) is 2.33. The molecule has 3 heteroatoms. The molecule has 0 radical (unpaired) electrons. The molecule has 0 aliphatic carbocycles. The van der Waals surface area contributed by atoms with Gasteiger partial charge in [0.05, 0.1) is 0 Å². The minimum absolute atomic E-state index is 0.375. The van der Waals surface area contributed by atoms with E-state index in [1.165, 1.54) is 18.5 Å². The molecule has 0 amide bonds. The van der Waals surface area contributed by atoms with Gasteiger partial charge in [-0.2, -0.15) is 11.8 Å². The minimum Gasteiger partial charge on any atom is -0.508 e. The number of benzene rings is 1. The van der Waals surface area contributed by atoms with Crippen LogP contribution in [-0.2, 0) is 6.42 Å². The maximum absolute atomic E-state index is 9.31. The number of thioether (sulfide) groups is 1. The fourth-order valence-electron chi connectivity index (χ4n) is 1.83. The first kappa shape index (κ1) is 10.8. The van der Waals surface area contributed by atoms with E-state index in [0.29, 0.717) is 5.75 Å². The fraction of sp³-hybridized carbons (Fsp3) is 0.500. The molecule has 2 rings (SSSR count). The lowest BCUT2D eigenvalue weighted by Crippen LogP contribution is -2.10. The molecular formula is C12H17NOS. The summed E-state index contributed by atoms with van der Waals surface area (Å²) < 4.78 is 0. The van der Waals surface area contributed by atoms with Crippen molar-refractivity contribution in [3.05, 3.63) is 29.8 Å². The van der Waals surface area contributed by atoms with Crippen molar-refractivity contribution in [2.45, 2.75) is 18.1 Å². The molecule has 1 aromatic carbocycles. The molecule has 1 aromatic rings. The molecule has 82 valence electrons. The van der Waals surface area contributed by atoms with E-state index in [9.17, 15) is 5.11 Å². The SMILES string of the molecule is Oc1cccc(CCSC2CCNC2)c1. The molecule has 2 N–H and O–H groups in total. The zero-order valence-electron chi connectivity index (χ0n) is 8.78. The predicted octanol–water partition coefficient (Wildman–Crippen LogP) is 2.03. The number of aromatic hydroxyl groups is 1. The van der Waals surface area contributed by atoms with Crippen LogP contribution in [0.2, 0.25) is 0 Å². The van der Waals surface area contributed by atoms with Gasteiger partial charge in [-0.05, 0) is 42.8 Å². The second kappa shape index (κ2) is 5.42. The van der Waals surface area contributed by atoms with E-state index in [0.717, 1.165) is 24.0 Å². The van der Waals surface area contributed by atoms with E-state index in [4.69, 9.17) is 0 Å². The first-order valence-corrected chi connectivity index (χ1v) is 6.50. The molecule has 1 aliphatic rings. The number of aryl methyl sites for hydroxylation is 1. The standard InChI is InChI=1S/C12H17NOS/c14-11-3-1-2-10(8-11)5-7-15-12-4-6-13-9-12/h1-3,8,12-14H,4-7,9H2. The summed E-state index contributed by atoms with van der Waals surface area (Å²) in [6, 6.07) is 7.56. The predicted molar refractivity (Wildman–Crippen MR) is 65.5 cm³/mol. The van der Waals surface area contributed by atoms with Crippen LogP contribution in [0, 0.1) is 0 Å². The van der Waals surface area contributed by atoms with Crippen LogP contribution < -0.4 is 5.32 Å². The number of rotatable bonds is 4. The number of phenols is 1. The van der Waals surface area contributed by atoms with Gasteiger partial charge in [-0.1, -0.05) is 12.1 Å². The molecule has 1 heterocycles.